The number of para-hydroxylation sites is 1. The quantitative estimate of drug-likeness (QED) is 0.693. The number of aryl methyl sites for hydroxylation is 1. The molecule has 30 heavy (non-hydrogen) atoms. The molecule has 1 heterocycles. The molecule has 2 aromatic rings. The molecule has 7 nitrogen and oxygen atoms in total. The summed E-state index contributed by atoms with van der Waals surface area (Å²) < 4.78 is 37.8. The van der Waals surface area contributed by atoms with Crippen molar-refractivity contribution >= 4 is 15.9 Å². The number of nitrogens with one attached hydrogen (secondary N) is 1. The molecule has 0 aliphatic carbocycles. The fraction of sp³-hybridized carbons (Fsp3) is 0.409. The number of benzene rings is 2. The Morgan fingerprint density at radius 1 is 1.13 bits per heavy atom. The lowest BCUT2D eigenvalue weighted by Crippen LogP contribution is -2.31. The van der Waals surface area contributed by atoms with Gasteiger partial charge in [0.15, 0.2) is 6.61 Å². The van der Waals surface area contributed by atoms with Crippen molar-refractivity contribution < 1.29 is 22.7 Å². The van der Waals surface area contributed by atoms with E-state index in [1.807, 2.05) is 31.2 Å². The number of sulfonamides is 1. The van der Waals surface area contributed by atoms with Crippen LogP contribution in [0.5, 0.6) is 11.5 Å². The van der Waals surface area contributed by atoms with Crippen molar-refractivity contribution in [1.82, 2.24) is 9.62 Å². The Morgan fingerprint density at radius 2 is 1.83 bits per heavy atom. The highest BCUT2D eigenvalue weighted by Gasteiger charge is 2.27. The third-order valence-electron chi connectivity index (χ3n) is 5.19. The minimum absolute atomic E-state index is 0.168. The number of amides is 1. The van der Waals surface area contributed by atoms with Gasteiger partial charge in [-0.05, 0) is 56.5 Å². The first-order valence-electron chi connectivity index (χ1n) is 9.99. The summed E-state index contributed by atoms with van der Waals surface area (Å²) >= 11 is 0. The number of carbonyl (C=O) groups excluding carboxylic acids is 1. The van der Waals surface area contributed by atoms with Crippen LogP contribution < -0.4 is 14.8 Å². The van der Waals surface area contributed by atoms with E-state index in [9.17, 15) is 13.2 Å². The van der Waals surface area contributed by atoms with E-state index in [0.717, 1.165) is 18.4 Å². The van der Waals surface area contributed by atoms with Crippen molar-refractivity contribution in [2.24, 2.45) is 0 Å². The lowest BCUT2D eigenvalue weighted by Gasteiger charge is -2.18. The Morgan fingerprint density at radius 3 is 2.50 bits per heavy atom. The molecule has 0 spiro atoms. The molecule has 2 aromatic carbocycles. The Hall–Kier alpha value is -2.58. The fourth-order valence-corrected chi connectivity index (χ4v) is 5.15. The van der Waals surface area contributed by atoms with Crippen LogP contribution in [0.3, 0.4) is 0 Å². The summed E-state index contributed by atoms with van der Waals surface area (Å²) in [6.07, 6.45) is 1.78. The van der Waals surface area contributed by atoms with Gasteiger partial charge in [0.25, 0.3) is 5.91 Å². The van der Waals surface area contributed by atoms with Crippen LogP contribution in [0, 0.1) is 6.92 Å². The van der Waals surface area contributed by atoms with Gasteiger partial charge < -0.3 is 14.8 Å². The third-order valence-corrected chi connectivity index (χ3v) is 7.09. The molecule has 1 aliphatic heterocycles. The number of ether oxygens (including phenoxy) is 2. The standard InChI is InChI=1S/C22H28N2O5S/c1-16-14-18(30(26,27)24-12-6-7-13-24)10-11-20(16)29-15-22(25)23-17(2)19-8-4-5-9-21(19)28-3/h4-5,8-11,14,17H,6-7,12-13,15H2,1-3H3,(H,23,25). The number of methoxy groups -OCH3 is 1. The van der Waals surface area contributed by atoms with Gasteiger partial charge >= 0.3 is 0 Å². The zero-order valence-electron chi connectivity index (χ0n) is 17.6. The van der Waals surface area contributed by atoms with Crippen LogP contribution in [0.15, 0.2) is 47.4 Å². The zero-order valence-corrected chi connectivity index (χ0v) is 18.4. The largest absolute Gasteiger partial charge is 0.496 e. The molecule has 1 unspecified atom stereocenters. The maximum absolute atomic E-state index is 12.7. The number of hydrogen-bond acceptors (Lipinski definition) is 5. The molecular formula is C22H28N2O5S. The van der Waals surface area contributed by atoms with E-state index < -0.39 is 10.0 Å². The first-order valence-corrected chi connectivity index (χ1v) is 11.4. The molecule has 1 fully saturated rings. The van der Waals surface area contributed by atoms with E-state index in [0.29, 0.717) is 30.2 Å². The maximum Gasteiger partial charge on any atom is 0.258 e. The Bertz CT molecular complexity index is 1000. The summed E-state index contributed by atoms with van der Waals surface area (Å²) in [6, 6.07) is 12.0. The van der Waals surface area contributed by atoms with Crippen molar-refractivity contribution in [3.05, 3.63) is 53.6 Å². The van der Waals surface area contributed by atoms with Gasteiger partial charge in [-0.15, -0.1) is 0 Å². The van der Waals surface area contributed by atoms with Gasteiger partial charge in [-0.3, -0.25) is 4.79 Å². The average Bonchev–Trinajstić information content (AvgIpc) is 3.28. The monoisotopic (exact) mass is 432 g/mol. The van der Waals surface area contributed by atoms with Crippen LogP contribution in [0.1, 0.15) is 36.9 Å². The second-order valence-corrected chi connectivity index (χ2v) is 9.30. The second-order valence-electron chi connectivity index (χ2n) is 7.36. The molecule has 1 aliphatic rings. The Labute approximate surface area is 178 Å². The highest BCUT2D eigenvalue weighted by atomic mass is 32.2. The van der Waals surface area contributed by atoms with Crippen molar-refractivity contribution in [2.75, 3.05) is 26.8 Å². The van der Waals surface area contributed by atoms with Crippen LogP contribution in [-0.2, 0) is 14.8 Å². The molecule has 1 saturated heterocycles. The van der Waals surface area contributed by atoms with E-state index in [1.54, 1.807) is 26.2 Å². The number of hydrogen-bond donors (Lipinski definition) is 1. The molecule has 1 atom stereocenters. The number of carbonyl (C=O) groups is 1. The van der Waals surface area contributed by atoms with Gasteiger partial charge in [0, 0.05) is 18.7 Å². The molecule has 3 rings (SSSR count). The molecule has 1 amide bonds. The molecule has 0 aromatic heterocycles. The van der Waals surface area contributed by atoms with Crippen LogP contribution in [0.4, 0.5) is 0 Å². The molecule has 0 radical (unpaired) electrons. The second kappa shape index (κ2) is 9.49. The topological polar surface area (TPSA) is 84.9 Å². The van der Waals surface area contributed by atoms with E-state index in [4.69, 9.17) is 9.47 Å². The highest BCUT2D eigenvalue weighted by Crippen LogP contribution is 2.27. The fourth-order valence-electron chi connectivity index (χ4n) is 3.55. The normalized spacial score (nSPS) is 15.6. The summed E-state index contributed by atoms with van der Waals surface area (Å²) in [4.78, 5) is 12.6. The van der Waals surface area contributed by atoms with E-state index in [1.165, 1.54) is 10.4 Å². The van der Waals surface area contributed by atoms with E-state index in [2.05, 4.69) is 5.32 Å². The summed E-state index contributed by atoms with van der Waals surface area (Å²) in [6.45, 7) is 4.60. The van der Waals surface area contributed by atoms with Crippen molar-refractivity contribution in [3.63, 3.8) is 0 Å². The Balaban J connectivity index is 1.61. The Kier molecular flexibility index (Phi) is 6.99. The molecule has 162 valence electrons. The molecule has 0 bridgehead atoms. The smallest absolute Gasteiger partial charge is 0.258 e. The van der Waals surface area contributed by atoms with Crippen LogP contribution in [-0.4, -0.2) is 45.4 Å². The van der Waals surface area contributed by atoms with Crippen molar-refractivity contribution in [3.8, 4) is 11.5 Å². The van der Waals surface area contributed by atoms with Gasteiger partial charge in [-0.1, -0.05) is 18.2 Å². The van der Waals surface area contributed by atoms with E-state index in [-0.39, 0.29) is 23.5 Å². The SMILES string of the molecule is COc1ccccc1C(C)NC(=O)COc1ccc(S(=O)(=O)N2CCCC2)cc1C. The van der Waals surface area contributed by atoms with Gasteiger partial charge in [0.2, 0.25) is 10.0 Å². The lowest BCUT2D eigenvalue weighted by molar-refractivity contribution is -0.123. The van der Waals surface area contributed by atoms with Crippen LogP contribution in [0.25, 0.3) is 0 Å². The van der Waals surface area contributed by atoms with Gasteiger partial charge in [-0.25, -0.2) is 8.42 Å². The third kappa shape index (κ3) is 4.94. The molecule has 0 saturated carbocycles. The van der Waals surface area contributed by atoms with Crippen molar-refractivity contribution in [1.29, 1.82) is 0 Å². The minimum Gasteiger partial charge on any atom is -0.496 e. The predicted octanol–water partition coefficient (Wildman–Crippen LogP) is 3.04. The predicted molar refractivity (Wildman–Crippen MR) is 114 cm³/mol. The van der Waals surface area contributed by atoms with Crippen LogP contribution in [0.2, 0.25) is 0 Å². The number of nitrogens with zero attached hydrogens (tertiary/aromatic N) is 1. The summed E-state index contributed by atoms with van der Waals surface area (Å²) in [5.41, 5.74) is 1.54. The average molecular weight is 433 g/mol. The number of rotatable bonds is 8. The summed E-state index contributed by atoms with van der Waals surface area (Å²) in [5.74, 6) is 0.911. The first-order chi connectivity index (χ1) is 14.3. The summed E-state index contributed by atoms with van der Waals surface area (Å²) in [5, 5.41) is 2.89. The lowest BCUT2D eigenvalue weighted by atomic mass is 10.1. The van der Waals surface area contributed by atoms with E-state index >= 15 is 0 Å². The van der Waals surface area contributed by atoms with Gasteiger partial charge in [0.05, 0.1) is 18.0 Å². The molecule has 8 heteroatoms. The molecule has 1 N–H and O–H groups in total. The van der Waals surface area contributed by atoms with Gasteiger partial charge in [-0.2, -0.15) is 4.31 Å². The van der Waals surface area contributed by atoms with Crippen LogP contribution >= 0.6 is 0 Å². The minimum atomic E-state index is -3.48. The molecular weight excluding hydrogens is 404 g/mol. The maximum atomic E-state index is 12.7. The summed E-state index contributed by atoms with van der Waals surface area (Å²) in [7, 11) is -1.89. The zero-order chi connectivity index (χ0) is 21.7. The first kappa shape index (κ1) is 22.1. The van der Waals surface area contributed by atoms with Crippen molar-refractivity contribution in [2.45, 2.75) is 37.6 Å². The van der Waals surface area contributed by atoms with Gasteiger partial charge in [0.1, 0.15) is 11.5 Å². The highest BCUT2D eigenvalue weighted by molar-refractivity contribution is 7.89.